The summed E-state index contributed by atoms with van der Waals surface area (Å²) in [6, 6.07) is 25.7. The van der Waals surface area contributed by atoms with Crippen LogP contribution in [0.25, 0.3) is 38.4 Å². The van der Waals surface area contributed by atoms with Crippen molar-refractivity contribution < 1.29 is 0 Å². The molecule has 0 atom stereocenters. The van der Waals surface area contributed by atoms with Gasteiger partial charge in [-0.25, -0.2) is 4.52 Å². The highest BCUT2D eigenvalue weighted by molar-refractivity contribution is 6.04. The van der Waals surface area contributed by atoms with Crippen molar-refractivity contribution in [3.63, 3.8) is 0 Å². The van der Waals surface area contributed by atoms with E-state index < -0.39 is 0 Å². The molecule has 0 radical (unpaired) electrons. The van der Waals surface area contributed by atoms with Gasteiger partial charge in [0.1, 0.15) is 0 Å². The Labute approximate surface area is 146 Å². The first kappa shape index (κ1) is 14.2. The zero-order valence-corrected chi connectivity index (χ0v) is 14.3. The van der Waals surface area contributed by atoms with Gasteiger partial charge >= 0.3 is 0 Å². The van der Waals surface area contributed by atoms with E-state index in [1.165, 1.54) is 33.0 Å². The molecule has 0 aliphatic heterocycles. The molecule has 0 bridgehead atoms. The number of rotatable bonds is 1. The Hall–Kier alpha value is -3.13. The number of aryl methyl sites for hydroxylation is 2. The van der Waals surface area contributed by atoms with E-state index in [1.54, 1.807) is 0 Å². The van der Waals surface area contributed by atoms with Gasteiger partial charge in [-0.1, -0.05) is 54.6 Å². The Kier molecular flexibility index (Phi) is 2.95. The number of para-hydroxylation sites is 1. The summed E-state index contributed by atoms with van der Waals surface area (Å²) < 4.78 is 2.08. The number of hydrogen-bond donors (Lipinski definition) is 0. The highest BCUT2D eigenvalue weighted by Crippen LogP contribution is 2.36. The van der Waals surface area contributed by atoms with Crippen molar-refractivity contribution in [2.24, 2.45) is 0 Å². The zero-order valence-electron chi connectivity index (χ0n) is 14.3. The van der Waals surface area contributed by atoms with Crippen LogP contribution in [0.3, 0.4) is 0 Å². The van der Waals surface area contributed by atoms with Gasteiger partial charge in [-0.2, -0.15) is 5.10 Å². The van der Waals surface area contributed by atoms with Gasteiger partial charge in [-0.3, -0.25) is 0 Å². The molecule has 3 aromatic carbocycles. The second-order valence-corrected chi connectivity index (χ2v) is 6.66. The Morgan fingerprint density at radius 1 is 0.680 bits per heavy atom. The van der Waals surface area contributed by atoms with Crippen LogP contribution in [0.2, 0.25) is 0 Å². The number of pyridine rings is 1. The Bertz CT molecular complexity index is 1240. The molecule has 2 heteroatoms. The molecular weight excluding hydrogens is 304 g/mol. The minimum absolute atomic E-state index is 1.03. The number of aromatic nitrogens is 2. The van der Waals surface area contributed by atoms with Crippen LogP contribution in [0.5, 0.6) is 0 Å². The number of benzene rings is 3. The van der Waals surface area contributed by atoms with Gasteiger partial charge in [0.2, 0.25) is 0 Å². The second kappa shape index (κ2) is 5.18. The average molecular weight is 322 g/mol. The van der Waals surface area contributed by atoms with Crippen LogP contribution in [0.4, 0.5) is 0 Å². The van der Waals surface area contributed by atoms with Gasteiger partial charge in [0, 0.05) is 10.8 Å². The third kappa shape index (κ3) is 2.01. The van der Waals surface area contributed by atoms with Crippen LogP contribution in [0.1, 0.15) is 11.1 Å². The van der Waals surface area contributed by atoms with Gasteiger partial charge < -0.3 is 0 Å². The first-order chi connectivity index (χ1) is 12.2. The van der Waals surface area contributed by atoms with Crippen molar-refractivity contribution in [1.29, 1.82) is 0 Å². The minimum Gasteiger partial charge on any atom is -0.232 e. The molecule has 2 nitrogen and oxygen atoms in total. The molecule has 0 fully saturated rings. The fraction of sp³-hybridized carbons (Fsp3) is 0.0870. The van der Waals surface area contributed by atoms with Crippen LogP contribution in [-0.2, 0) is 0 Å². The SMILES string of the molecule is Cc1cccc(C)c1-c1cc2c3ccccc3nn2c2ccccc12. The van der Waals surface area contributed by atoms with E-state index in [0.29, 0.717) is 0 Å². The maximum atomic E-state index is 4.84. The van der Waals surface area contributed by atoms with E-state index in [4.69, 9.17) is 5.10 Å². The highest BCUT2D eigenvalue weighted by atomic mass is 15.2. The molecule has 25 heavy (non-hydrogen) atoms. The van der Waals surface area contributed by atoms with Crippen molar-refractivity contribution in [3.05, 3.63) is 83.9 Å². The quantitative estimate of drug-likeness (QED) is 0.374. The monoisotopic (exact) mass is 322 g/mol. The maximum Gasteiger partial charge on any atom is 0.0934 e. The largest absolute Gasteiger partial charge is 0.232 e. The molecule has 5 rings (SSSR count). The first-order valence-electron chi connectivity index (χ1n) is 8.60. The lowest BCUT2D eigenvalue weighted by molar-refractivity contribution is 1.03. The Balaban J connectivity index is 2.03. The van der Waals surface area contributed by atoms with Crippen molar-refractivity contribution >= 4 is 27.3 Å². The lowest BCUT2D eigenvalue weighted by atomic mass is 9.93. The van der Waals surface area contributed by atoms with Gasteiger partial charge in [-0.05, 0) is 54.3 Å². The van der Waals surface area contributed by atoms with Gasteiger partial charge in [0.15, 0.2) is 0 Å². The lowest BCUT2D eigenvalue weighted by Crippen LogP contribution is -1.95. The van der Waals surface area contributed by atoms with E-state index in [-0.39, 0.29) is 0 Å². The lowest BCUT2D eigenvalue weighted by Gasteiger charge is -2.14. The van der Waals surface area contributed by atoms with Crippen molar-refractivity contribution in [3.8, 4) is 11.1 Å². The van der Waals surface area contributed by atoms with Crippen LogP contribution < -0.4 is 0 Å². The van der Waals surface area contributed by atoms with E-state index >= 15 is 0 Å². The first-order valence-corrected chi connectivity index (χ1v) is 8.60. The summed E-state index contributed by atoms with van der Waals surface area (Å²) in [6.07, 6.45) is 0. The molecule has 2 aromatic heterocycles. The molecule has 0 spiro atoms. The molecule has 0 amide bonds. The summed E-state index contributed by atoms with van der Waals surface area (Å²) >= 11 is 0. The van der Waals surface area contributed by atoms with Gasteiger partial charge in [-0.15, -0.1) is 0 Å². The zero-order chi connectivity index (χ0) is 17.0. The summed E-state index contributed by atoms with van der Waals surface area (Å²) in [5, 5.41) is 7.27. The third-order valence-corrected chi connectivity index (χ3v) is 5.07. The summed E-state index contributed by atoms with van der Waals surface area (Å²) in [4.78, 5) is 0. The molecule has 2 heterocycles. The highest BCUT2D eigenvalue weighted by Gasteiger charge is 2.14. The second-order valence-electron chi connectivity index (χ2n) is 6.66. The Morgan fingerprint density at radius 3 is 2.16 bits per heavy atom. The summed E-state index contributed by atoms with van der Waals surface area (Å²) in [5.74, 6) is 0. The number of nitrogens with zero attached hydrogens (tertiary/aromatic N) is 2. The molecule has 0 aliphatic carbocycles. The van der Waals surface area contributed by atoms with Crippen molar-refractivity contribution in [1.82, 2.24) is 9.61 Å². The predicted molar refractivity (Wildman–Crippen MR) is 105 cm³/mol. The Morgan fingerprint density at radius 2 is 1.36 bits per heavy atom. The topological polar surface area (TPSA) is 17.3 Å². The molecule has 0 aliphatic rings. The summed E-state index contributed by atoms with van der Waals surface area (Å²) in [6.45, 7) is 4.38. The van der Waals surface area contributed by atoms with Gasteiger partial charge in [0.25, 0.3) is 0 Å². The van der Waals surface area contributed by atoms with E-state index in [2.05, 4.69) is 85.1 Å². The summed E-state index contributed by atoms with van der Waals surface area (Å²) in [5.41, 5.74) is 8.56. The average Bonchev–Trinajstić information content (AvgIpc) is 3.01. The maximum absolute atomic E-state index is 4.84. The number of fused-ring (bicyclic) bond motifs is 5. The van der Waals surface area contributed by atoms with Crippen molar-refractivity contribution in [2.75, 3.05) is 0 Å². The van der Waals surface area contributed by atoms with E-state index in [9.17, 15) is 0 Å². The fourth-order valence-electron chi connectivity index (χ4n) is 3.92. The standard InChI is InChI=1S/C23H18N2/c1-15-8-7-9-16(2)23(15)19-14-22-18-11-3-5-12-20(18)24-25(22)21-13-6-4-10-17(19)21/h3-14H,1-2H3. The fourth-order valence-corrected chi connectivity index (χ4v) is 3.92. The molecule has 0 saturated carbocycles. The summed E-state index contributed by atoms with van der Waals surface area (Å²) in [7, 11) is 0. The predicted octanol–water partition coefficient (Wildman–Crippen LogP) is 5.92. The minimum atomic E-state index is 1.03. The normalized spacial score (nSPS) is 11.6. The molecule has 120 valence electrons. The molecular formula is C23H18N2. The molecule has 0 unspecified atom stereocenters. The molecule has 5 aromatic rings. The third-order valence-electron chi connectivity index (χ3n) is 5.07. The van der Waals surface area contributed by atoms with Gasteiger partial charge in [0.05, 0.1) is 16.6 Å². The number of hydrogen-bond acceptors (Lipinski definition) is 1. The molecule has 0 N–H and O–H groups in total. The smallest absolute Gasteiger partial charge is 0.0934 e. The van der Waals surface area contributed by atoms with Crippen molar-refractivity contribution in [2.45, 2.75) is 13.8 Å². The van der Waals surface area contributed by atoms with Crippen LogP contribution in [-0.4, -0.2) is 9.61 Å². The van der Waals surface area contributed by atoms with E-state index in [0.717, 1.165) is 16.6 Å². The molecule has 0 saturated heterocycles. The van der Waals surface area contributed by atoms with Crippen LogP contribution >= 0.6 is 0 Å². The van der Waals surface area contributed by atoms with E-state index in [1.807, 2.05) is 6.07 Å². The van der Waals surface area contributed by atoms with Crippen LogP contribution in [0.15, 0.2) is 72.8 Å². The van der Waals surface area contributed by atoms with Crippen LogP contribution in [0, 0.1) is 13.8 Å².